The van der Waals surface area contributed by atoms with E-state index in [4.69, 9.17) is 0 Å². The molecule has 1 aliphatic heterocycles. The second kappa shape index (κ2) is 6.12. The summed E-state index contributed by atoms with van der Waals surface area (Å²) >= 11 is 0. The monoisotopic (exact) mass is 289 g/mol. The van der Waals surface area contributed by atoms with Crippen molar-refractivity contribution in [2.45, 2.75) is 50.8 Å². The number of nitrogens with one attached hydrogen (secondary N) is 1. The number of hydrogen-bond acceptors (Lipinski definition) is 4. The largest absolute Gasteiger partial charge is 0.389 e. The highest BCUT2D eigenvalue weighted by atomic mass is 16.3. The molecule has 1 saturated heterocycles. The van der Waals surface area contributed by atoms with Gasteiger partial charge in [0.25, 0.3) is 5.91 Å². The first-order valence-corrected chi connectivity index (χ1v) is 7.81. The highest BCUT2D eigenvalue weighted by molar-refractivity contribution is 5.93. The Morgan fingerprint density at radius 3 is 2.86 bits per heavy atom. The molecule has 1 aromatic heterocycles. The van der Waals surface area contributed by atoms with E-state index in [1.54, 1.807) is 6.20 Å². The number of amides is 1. The molecule has 0 spiro atoms. The Kier molecular flexibility index (Phi) is 4.22. The molecule has 2 N–H and O–H groups in total. The standard InChI is InChI=1S/C16H23N3O2/c1-11-5-4-8-17-14(11)16(21)18-12-6-7-13(15(12)20)19-9-2-3-10-19/h4-5,8,12-13,15,20H,2-3,6-7,9-10H2,1H3,(H,18,21)/t12-,13-,15-/m1/s1. The summed E-state index contributed by atoms with van der Waals surface area (Å²) in [7, 11) is 0. The molecule has 1 amide bonds. The van der Waals surface area contributed by atoms with Gasteiger partial charge in [0.05, 0.1) is 12.1 Å². The average molecular weight is 289 g/mol. The maximum Gasteiger partial charge on any atom is 0.270 e. The fourth-order valence-electron chi connectivity index (χ4n) is 3.55. The van der Waals surface area contributed by atoms with Crippen molar-refractivity contribution in [1.29, 1.82) is 0 Å². The third kappa shape index (κ3) is 2.94. The van der Waals surface area contributed by atoms with Crippen LogP contribution in [0.5, 0.6) is 0 Å². The van der Waals surface area contributed by atoms with Crippen LogP contribution in [-0.4, -0.2) is 52.2 Å². The zero-order valence-electron chi connectivity index (χ0n) is 12.5. The number of hydrogen-bond donors (Lipinski definition) is 2. The number of pyridine rings is 1. The minimum Gasteiger partial charge on any atom is -0.389 e. The van der Waals surface area contributed by atoms with E-state index in [0.29, 0.717) is 5.69 Å². The lowest BCUT2D eigenvalue weighted by Gasteiger charge is -2.28. The number of carbonyl (C=O) groups excluding carboxylic acids is 1. The Balaban J connectivity index is 1.63. The molecular formula is C16H23N3O2. The van der Waals surface area contributed by atoms with Crippen LogP contribution in [-0.2, 0) is 0 Å². The van der Waals surface area contributed by atoms with Crippen LogP contribution in [0.3, 0.4) is 0 Å². The predicted molar refractivity (Wildman–Crippen MR) is 80.1 cm³/mol. The number of nitrogens with zero attached hydrogens (tertiary/aromatic N) is 2. The van der Waals surface area contributed by atoms with Crippen LogP contribution < -0.4 is 5.32 Å². The summed E-state index contributed by atoms with van der Waals surface area (Å²) in [4.78, 5) is 18.8. The third-order valence-electron chi connectivity index (χ3n) is 4.73. The first-order valence-electron chi connectivity index (χ1n) is 7.81. The SMILES string of the molecule is Cc1cccnc1C(=O)N[C@@H]1CC[C@@H](N2CCCC2)[C@@H]1O. The highest BCUT2D eigenvalue weighted by Gasteiger charge is 2.39. The lowest BCUT2D eigenvalue weighted by atomic mass is 10.1. The number of aromatic nitrogens is 1. The molecule has 2 aliphatic rings. The van der Waals surface area contributed by atoms with Crippen LogP contribution >= 0.6 is 0 Å². The molecule has 3 atom stereocenters. The van der Waals surface area contributed by atoms with Gasteiger partial charge in [-0.25, -0.2) is 0 Å². The summed E-state index contributed by atoms with van der Waals surface area (Å²) in [5.41, 5.74) is 1.31. The highest BCUT2D eigenvalue weighted by Crippen LogP contribution is 2.27. The Bertz CT molecular complexity index is 514. The van der Waals surface area contributed by atoms with Crippen molar-refractivity contribution in [3.05, 3.63) is 29.6 Å². The quantitative estimate of drug-likeness (QED) is 0.875. The van der Waals surface area contributed by atoms with E-state index in [0.717, 1.165) is 31.5 Å². The normalized spacial score (nSPS) is 29.7. The number of aliphatic hydroxyl groups excluding tert-OH is 1. The molecule has 0 radical (unpaired) electrons. The maximum absolute atomic E-state index is 12.3. The molecule has 1 saturated carbocycles. The van der Waals surface area contributed by atoms with Gasteiger partial charge in [-0.2, -0.15) is 0 Å². The van der Waals surface area contributed by atoms with Gasteiger partial charge >= 0.3 is 0 Å². The molecule has 0 bridgehead atoms. The number of aryl methyl sites for hydroxylation is 1. The van der Waals surface area contributed by atoms with Crippen molar-refractivity contribution < 1.29 is 9.90 Å². The summed E-state index contributed by atoms with van der Waals surface area (Å²) < 4.78 is 0. The first-order chi connectivity index (χ1) is 10.2. The zero-order valence-corrected chi connectivity index (χ0v) is 12.5. The van der Waals surface area contributed by atoms with Gasteiger partial charge in [-0.15, -0.1) is 0 Å². The zero-order chi connectivity index (χ0) is 14.8. The summed E-state index contributed by atoms with van der Waals surface area (Å²) in [6.45, 7) is 4.02. The molecule has 2 fully saturated rings. The Hall–Kier alpha value is -1.46. The van der Waals surface area contributed by atoms with Gasteiger partial charge in [0.1, 0.15) is 5.69 Å². The van der Waals surface area contributed by atoms with Crippen LogP contribution in [0, 0.1) is 6.92 Å². The van der Waals surface area contributed by atoms with Gasteiger partial charge in [-0.1, -0.05) is 6.07 Å². The number of rotatable bonds is 3. The summed E-state index contributed by atoms with van der Waals surface area (Å²) in [6.07, 6.45) is 5.37. The second-order valence-corrected chi connectivity index (χ2v) is 6.13. The first kappa shape index (κ1) is 14.5. The third-order valence-corrected chi connectivity index (χ3v) is 4.73. The molecule has 3 rings (SSSR count). The lowest BCUT2D eigenvalue weighted by Crippen LogP contribution is -2.47. The van der Waals surface area contributed by atoms with Gasteiger partial charge in [0.15, 0.2) is 0 Å². The van der Waals surface area contributed by atoms with Crippen molar-refractivity contribution in [2.24, 2.45) is 0 Å². The summed E-state index contributed by atoms with van der Waals surface area (Å²) in [5.74, 6) is -0.181. The molecular weight excluding hydrogens is 266 g/mol. The van der Waals surface area contributed by atoms with Crippen LogP contribution in [0.1, 0.15) is 41.7 Å². The van der Waals surface area contributed by atoms with Crippen LogP contribution in [0.2, 0.25) is 0 Å². The van der Waals surface area contributed by atoms with Gasteiger partial charge in [-0.05, 0) is 57.3 Å². The van der Waals surface area contributed by atoms with E-state index >= 15 is 0 Å². The van der Waals surface area contributed by atoms with Gasteiger partial charge in [0.2, 0.25) is 0 Å². The Morgan fingerprint density at radius 1 is 1.38 bits per heavy atom. The van der Waals surface area contributed by atoms with Gasteiger partial charge < -0.3 is 10.4 Å². The molecule has 5 heteroatoms. The van der Waals surface area contributed by atoms with Crippen molar-refractivity contribution in [3.8, 4) is 0 Å². The van der Waals surface area contributed by atoms with Crippen LogP contribution in [0.4, 0.5) is 0 Å². The van der Waals surface area contributed by atoms with E-state index in [9.17, 15) is 9.90 Å². The lowest BCUT2D eigenvalue weighted by molar-refractivity contribution is 0.0617. The Morgan fingerprint density at radius 2 is 2.14 bits per heavy atom. The van der Waals surface area contributed by atoms with E-state index in [2.05, 4.69) is 15.2 Å². The van der Waals surface area contributed by atoms with Gasteiger partial charge in [-0.3, -0.25) is 14.7 Å². The molecule has 21 heavy (non-hydrogen) atoms. The van der Waals surface area contributed by atoms with Crippen LogP contribution in [0.25, 0.3) is 0 Å². The topological polar surface area (TPSA) is 65.5 Å². The average Bonchev–Trinajstić information content (AvgIpc) is 3.10. The molecule has 114 valence electrons. The van der Waals surface area contributed by atoms with Crippen molar-refractivity contribution in [2.75, 3.05) is 13.1 Å². The van der Waals surface area contributed by atoms with E-state index < -0.39 is 6.10 Å². The molecule has 1 aromatic rings. The smallest absolute Gasteiger partial charge is 0.270 e. The predicted octanol–water partition coefficient (Wildman–Crippen LogP) is 1.11. The summed E-state index contributed by atoms with van der Waals surface area (Å²) in [6, 6.07) is 3.73. The molecule has 5 nitrogen and oxygen atoms in total. The minimum absolute atomic E-state index is 0.162. The van der Waals surface area contributed by atoms with E-state index in [-0.39, 0.29) is 18.0 Å². The Labute approximate surface area is 125 Å². The number of carbonyl (C=O) groups is 1. The van der Waals surface area contributed by atoms with Crippen molar-refractivity contribution in [3.63, 3.8) is 0 Å². The maximum atomic E-state index is 12.3. The van der Waals surface area contributed by atoms with Crippen LogP contribution in [0.15, 0.2) is 18.3 Å². The van der Waals surface area contributed by atoms with Gasteiger partial charge in [0, 0.05) is 12.2 Å². The fourth-order valence-corrected chi connectivity index (χ4v) is 3.55. The number of aliphatic hydroxyl groups is 1. The molecule has 0 aromatic carbocycles. The summed E-state index contributed by atoms with van der Waals surface area (Å²) in [5, 5.41) is 13.5. The number of likely N-dealkylation sites (tertiary alicyclic amines) is 1. The van der Waals surface area contributed by atoms with Crippen molar-refractivity contribution >= 4 is 5.91 Å². The van der Waals surface area contributed by atoms with Crippen molar-refractivity contribution in [1.82, 2.24) is 15.2 Å². The fraction of sp³-hybridized carbons (Fsp3) is 0.625. The van der Waals surface area contributed by atoms with E-state index in [1.165, 1.54) is 12.8 Å². The minimum atomic E-state index is -0.476. The molecule has 2 heterocycles. The second-order valence-electron chi connectivity index (χ2n) is 6.13. The van der Waals surface area contributed by atoms with E-state index in [1.807, 2.05) is 19.1 Å². The molecule has 0 unspecified atom stereocenters. The molecule has 1 aliphatic carbocycles.